The number of rotatable bonds is 4. The SMILES string of the molecule is Cc1cc(CNC(C)C)ccc1-c1sccc1Br. The van der Waals surface area contributed by atoms with Crippen molar-refractivity contribution < 1.29 is 0 Å². The van der Waals surface area contributed by atoms with Gasteiger partial charge in [-0.15, -0.1) is 11.3 Å². The second-order valence-electron chi connectivity index (χ2n) is 4.78. The van der Waals surface area contributed by atoms with E-state index >= 15 is 0 Å². The molecule has 3 heteroatoms. The molecule has 0 aliphatic carbocycles. The van der Waals surface area contributed by atoms with Gasteiger partial charge >= 0.3 is 0 Å². The van der Waals surface area contributed by atoms with Crippen molar-refractivity contribution in [3.8, 4) is 10.4 Å². The van der Waals surface area contributed by atoms with Gasteiger partial charge in [0.05, 0.1) is 0 Å². The molecule has 18 heavy (non-hydrogen) atoms. The van der Waals surface area contributed by atoms with Gasteiger partial charge < -0.3 is 5.32 Å². The van der Waals surface area contributed by atoms with Crippen LogP contribution in [0.1, 0.15) is 25.0 Å². The minimum Gasteiger partial charge on any atom is -0.310 e. The number of aryl methyl sites for hydroxylation is 1. The Morgan fingerprint density at radius 2 is 2.06 bits per heavy atom. The van der Waals surface area contributed by atoms with E-state index in [9.17, 15) is 0 Å². The van der Waals surface area contributed by atoms with E-state index in [4.69, 9.17) is 0 Å². The summed E-state index contributed by atoms with van der Waals surface area (Å²) in [6.45, 7) is 7.46. The molecule has 1 N–H and O–H groups in total. The minimum absolute atomic E-state index is 0.524. The number of hydrogen-bond acceptors (Lipinski definition) is 2. The normalized spacial score (nSPS) is 11.2. The zero-order valence-electron chi connectivity index (χ0n) is 11.0. The van der Waals surface area contributed by atoms with Crippen molar-refractivity contribution >= 4 is 27.3 Å². The molecule has 2 aromatic rings. The number of halogens is 1. The first-order valence-corrected chi connectivity index (χ1v) is 7.81. The van der Waals surface area contributed by atoms with Gasteiger partial charge in [-0.05, 0) is 51.0 Å². The topological polar surface area (TPSA) is 12.0 Å². The van der Waals surface area contributed by atoms with E-state index in [1.807, 2.05) is 0 Å². The van der Waals surface area contributed by atoms with E-state index in [1.165, 1.54) is 26.0 Å². The molecule has 1 heterocycles. The highest BCUT2D eigenvalue weighted by Crippen LogP contribution is 2.35. The molecule has 0 fully saturated rings. The minimum atomic E-state index is 0.524. The third-order valence-electron chi connectivity index (χ3n) is 2.87. The predicted molar refractivity (Wildman–Crippen MR) is 84.2 cm³/mol. The molecule has 0 aliphatic rings. The number of thiophene rings is 1. The Kier molecular flexibility index (Phi) is 4.60. The van der Waals surface area contributed by atoms with E-state index in [-0.39, 0.29) is 0 Å². The summed E-state index contributed by atoms with van der Waals surface area (Å²) in [4.78, 5) is 1.32. The molecule has 0 bridgehead atoms. The van der Waals surface area contributed by atoms with Crippen LogP contribution in [0.15, 0.2) is 34.1 Å². The Morgan fingerprint density at radius 3 is 2.61 bits per heavy atom. The Balaban J connectivity index is 2.23. The molecular formula is C15H18BrNS. The summed E-state index contributed by atoms with van der Waals surface area (Å²) in [5, 5.41) is 5.57. The molecule has 0 amide bonds. The average Bonchev–Trinajstić information content (AvgIpc) is 2.73. The Hall–Kier alpha value is -0.640. The monoisotopic (exact) mass is 323 g/mol. The van der Waals surface area contributed by atoms with E-state index < -0.39 is 0 Å². The van der Waals surface area contributed by atoms with Crippen LogP contribution in [0.3, 0.4) is 0 Å². The maximum Gasteiger partial charge on any atom is 0.0487 e. The number of nitrogens with one attached hydrogen (secondary N) is 1. The Bertz CT molecular complexity index is 531. The van der Waals surface area contributed by atoms with Gasteiger partial charge in [0.15, 0.2) is 0 Å². The molecule has 1 aromatic heterocycles. The zero-order valence-corrected chi connectivity index (χ0v) is 13.4. The van der Waals surface area contributed by atoms with Gasteiger partial charge in [-0.25, -0.2) is 0 Å². The summed E-state index contributed by atoms with van der Waals surface area (Å²) in [5.74, 6) is 0. The number of hydrogen-bond donors (Lipinski definition) is 1. The van der Waals surface area contributed by atoms with Gasteiger partial charge in [0.1, 0.15) is 0 Å². The van der Waals surface area contributed by atoms with E-state index in [1.54, 1.807) is 11.3 Å². The van der Waals surface area contributed by atoms with Crippen LogP contribution in [-0.2, 0) is 6.54 Å². The third-order valence-corrected chi connectivity index (χ3v) is 4.74. The molecule has 0 saturated heterocycles. The lowest BCUT2D eigenvalue weighted by Gasteiger charge is -2.11. The highest BCUT2D eigenvalue weighted by molar-refractivity contribution is 9.10. The highest BCUT2D eigenvalue weighted by atomic mass is 79.9. The zero-order chi connectivity index (χ0) is 13.1. The average molecular weight is 324 g/mol. The molecule has 0 atom stereocenters. The van der Waals surface area contributed by atoms with Crippen LogP contribution in [0.4, 0.5) is 0 Å². The van der Waals surface area contributed by atoms with Crippen molar-refractivity contribution in [3.63, 3.8) is 0 Å². The van der Waals surface area contributed by atoms with E-state index in [2.05, 4.69) is 71.7 Å². The fourth-order valence-electron chi connectivity index (χ4n) is 1.90. The largest absolute Gasteiger partial charge is 0.310 e. The van der Waals surface area contributed by atoms with Crippen molar-refractivity contribution in [2.45, 2.75) is 33.4 Å². The van der Waals surface area contributed by atoms with E-state index in [0.29, 0.717) is 6.04 Å². The van der Waals surface area contributed by atoms with Gasteiger partial charge in [-0.3, -0.25) is 0 Å². The van der Waals surface area contributed by atoms with Crippen LogP contribution in [0, 0.1) is 6.92 Å². The van der Waals surface area contributed by atoms with Gasteiger partial charge in [-0.2, -0.15) is 0 Å². The lowest BCUT2D eigenvalue weighted by Crippen LogP contribution is -2.21. The molecule has 0 unspecified atom stereocenters. The lowest BCUT2D eigenvalue weighted by atomic mass is 10.0. The first-order chi connectivity index (χ1) is 8.58. The number of benzene rings is 1. The lowest BCUT2D eigenvalue weighted by molar-refractivity contribution is 0.589. The third kappa shape index (κ3) is 3.22. The first kappa shape index (κ1) is 13.8. The first-order valence-electron chi connectivity index (χ1n) is 6.14. The molecule has 96 valence electrons. The van der Waals surface area contributed by atoms with Crippen molar-refractivity contribution in [3.05, 3.63) is 45.2 Å². The summed E-state index contributed by atoms with van der Waals surface area (Å²) in [6.07, 6.45) is 0. The Labute approximate surface area is 121 Å². The van der Waals surface area contributed by atoms with Gasteiger partial charge in [0.25, 0.3) is 0 Å². The molecule has 0 radical (unpaired) electrons. The summed E-state index contributed by atoms with van der Waals surface area (Å²) < 4.78 is 1.18. The van der Waals surface area contributed by atoms with Crippen molar-refractivity contribution in [1.29, 1.82) is 0 Å². The second-order valence-corrected chi connectivity index (χ2v) is 6.55. The highest BCUT2D eigenvalue weighted by Gasteiger charge is 2.08. The maximum atomic E-state index is 3.60. The predicted octanol–water partition coefficient (Wildman–Crippen LogP) is 4.98. The van der Waals surface area contributed by atoms with Gasteiger partial charge in [-0.1, -0.05) is 32.0 Å². The molecule has 0 aliphatic heterocycles. The summed E-state index contributed by atoms with van der Waals surface area (Å²) in [5.41, 5.74) is 4.00. The van der Waals surface area contributed by atoms with Crippen LogP contribution in [0.5, 0.6) is 0 Å². The van der Waals surface area contributed by atoms with Crippen LogP contribution in [-0.4, -0.2) is 6.04 Å². The van der Waals surface area contributed by atoms with Crippen molar-refractivity contribution in [1.82, 2.24) is 5.32 Å². The summed E-state index contributed by atoms with van der Waals surface area (Å²) in [6, 6.07) is 9.34. The smallest absolute Gasteiger partial charge is 0.0487 e. The van der Waals surface area contributed by atoms with E-state index in [0.717, 1.165) is 6.54 Å². The van der Waals surface area contributed by atoms with Crippen LogP contribution >= 0.6 is 27.3 Å². The van der Waals surface area contributed by atoms with Crippen LogP contribution in [0.25, 0.3) is 10.4 Å². The maximum absolute atomic E-state index is 3.60. The standard InChI is InChI=1S/C15H18BrNS/c1-10(2)17-9-12-4-5-13(11(3)8-12)15-14(16)6-7-18-15/h4-8,10,17H,9H2,1-3H3. The molecule has 1 aromatic carbocycles. The summed E-state index contributed by atoms with van der Waals surface area (Å²) in [7, 11) is 0. The van der Waals surface area contributed by atoms with Gasteiger partial charge in [0, 0.05) is 21.9 Å². The molecule has 2 rings (SSSR count). The van der Waals surface area contributed by atoms with Crippen LogP contribution < -0.4 is 5.32 Å². The molecule has 0 spiro atoms. The fraction of sp³-hybridized carbons (Fsp3) is 0.333. The van der Waals surface area contributed by atoms with Crippen LogP contribution in [0.2, 0.25) is 0 Å². The van der Waals surface area contributed by atoms with Gasteiger partial charge in [0.2, 0.25) is 0 Å². The molecule has 0 saturated carbocycles. The fourth-order valence-corrected chi connectivity index (χ4v) is 3.58. The molecule has 1 nitrogen and oxygen atoms in total. The second kappa shape index (κ2) is 6.00. The van der Waals surface area contributed by atoms with Crippen molar-refractivity contribution in [2.24, 2.45) is 0 Å². The quantitative estimate of drug-likeness (QED) is 0.836. The summed E-state index contributed by atoms with van der Waals surface area (Å²) >= 11 is 5.38. The Morgan fingerprint density at radius 1 is 1.28 bits per heavy atom. The van der Waals surface area contributed by atoms with Crippen molar-refractivity contribution in [2.75, 3.05) is 0 Å². The molecular weight excluding hydrogens is 306 g/mol.